The molecular weight excluding hydrogens is 327 g/mol. The smallest absolute Gasteiger partial charge is 0.321 e. The van der Waals surface area contributed by atoms with Gasteiger partial charge in [-0.25, -0.2) is 9.18 Å². The summed E-state index contributed by atoms with van der Waals surface area (Å²) in [4.78, 5) is 13.7. The monoisotopic (exact) mass is 348 g/mol. The first-order valence-electron chi connectivity index (χ1n) is 7.56. The van der Waals surface area contributed by atoms with Gasteiger partial charge in [-0.1, -0.05) is 12.1 Å². The van der Waals surface area contributed by atoms with Crippen LogP contribution < -0.4 is 19.5 Å². The van der Waals surface area contributed by atoms with Crippen LogP contribution in [0.15, 0.2) is 36.4 Å². The number of halogens is 1. The average Bonchev–Trinajstić information content (AvgIpc) is 2.62. The number of rotatable bonds is 6. The van der Waals surface area contributed by atoms with Gasteiger partial charge in [-0.15, -0.1) is 0 Å². The van der Waals surface area contributed by atoms with E-state index in [9.17, 15) is 9.18 Å². The fourth-order valence-corrected chi connectivity index (χ4v) is 2.39. The minimum absolute atomic E-state index is 0.124. The summed E-state index contributed by atoms with van der Waals surface area (Å²) < 4.78 is 29.6. The van der Waals surface area contributed by atoms with Gasteiger partial charge in [0.15, 0.2) is 11.5 Å². The van der Waals surface area contributed by atoms with Crippen molar-refractivity contribution in [1.82, 2.24) is 4.90 Å². The van der Waals surface area contributed by atoms with Crippen LogP contribution in [-0.2, 0) is 6.54 Å². The first kappa shape index (κ1) is 18.4. The highest BCUT2D eigenvalue weighted by atomic mass is 19.1. The van der Waals surface area contributed by atoms with Crippen LogP contribution in [0.5, 0.6) is 17.2 Å². The van der Waals surface area contributed by atoms with Crippen LogP contribution in [0.4, 0.5) is 14.9 Å². The number of amides is 2. The van der Waals surface area contributed by atoms with Crippen LogP contribution in [0.2, 0.25) is 0 Å². The van der Waals surface area contributed by atoms with Crippen molar-refractivity contribution in [2.75, 3.05) is 33.7 Å². The van der Waals surface area contributed by atoms with Crippen LogP contribution in [0.1, 0.15) is 5.56 Å². The van der Waals surface area contributed by atoms with Gasteiger partial charge in [0, 0.05) is 12.6 Å². The Balaban J connectivity index is 2.18. The van der Waals surface area contributed by atoms with E-state index in [0.29, 0.717) is 17.2 Å². The van der Waals surface area contributed by atoms with E-state index < -0.39 is 11.8 Å². The number of hydrogen-bond donors (Lipinski definition) is 1. The minimum atomic E-state index is -0.493. The molecule has 0 aliphatic carbocycles. The number of ether oxygens (including phenoxy) is 3. The first-order chi connectivity index (χ1) is 12.0. The quantitative estimate of drug-likeness (QED) is 0.868. The molecule has 2 aromatic rings. The molecule has 0 spiro atoms. The molecule has 134 valence electrons. The second kappa shape index (κ2) is 8.23. The van der Waals surface area contributed by atoms with Gasteiger partial charge in [0.05, 0.1) is 33.6 Å². The van der Waals surface area contributed by atoms with Crippen molar-refractivity contribution < 1.29 is 23.4 Å². The maximum Gasteiger partial charge on any atom is 0.321 e. The second-order valence-corrected chi connectivity index (χ2v) is 5.26. The van der Waals surface area contributed by atoms with Crippen LogP contribution in [0.25, 0.3) is 0 Å². The second-order valence-electron chi connectivity index (χ2n) is 5.26. The Hall–Kier alpha value is -2.96. The number of hydrogen-bond acceptors (Lipinski definition) is 4. The van der Waals surface area contributed by atoms with Crippen molar-refractivity contribution in [3.05, 3.63) is 47.8 Å². The van der Waals surface area contributed by atoms with E-state index in [1.165, 1.54) is 38.4 Å². The molecular formula is C18H21FN2O4. The summed E-state index contributed by atoms with van der Waals surface area (Å²) >= 11 is 0. The van der Waals surface area contributed by atoms with Gasteiger partial charge in [0.2, 0.25) is 5.75 Å². The summed E-state index contributed by atoms with van der Waals surface area (Å²) in [5.74, 6) is 0.965. The van der Waals surface area contributed by atoms with E-state index in [2.05, 4.69) is 5.32 Å². The normalized spacial score (nSPS) is 10.1. The van der Waals surface area contributed by atoms with Crippen LogP contribution in [0.3, 0.4) is 0 Å². The molecule has 7 heteroatoms. The van der Waals surface area contributed by atoms with Gasteiger partial charge >= 0.3 is 6.03 Å². The molecule has 2 amide bonds. The molecule has 25 heavy (non-hydrogen) atoms. The molecule has 2 rings (SSSR count). The predicted octanol–water partition coefficient (Wildman–Crippen LogP) is 3.52. The van der Waals surface area contributed by atoms with Crippen molar-refractivity contribution in [3.8, 4) is 17.2 Å². The highest BCUT2D eigenvalue weighted by molar-refractivity contribution is 5.89. The summed E-state index contributed by atoms with van der Waals surface area (Å²) in [6.45, 7) is 0.240. The van der Waals surface area contributed by atoms with Crippen molar-refractivity contribution in [2.45, 2.75) is 6.54 Å². The number of para-hydroxylation sites is 1. The minimum Gasteiger partial charge on any atom is -0.493 e. The topological polar surface area (TPSA) is 60.0 Å². The van der Waals surface area contributed by atoms with Crippen molar-refractivity contribution in [2.24, 2.45) is 0 Å². The fourth-order valence-electron chi connectivity index (χ4n) is 2.39. The van der Waals surface area contributed by atoms with Gasteiger partial charge in [0.1, 0.15) is 5.82 Å². The molecule has 6 nitrogen and oxygen atoms in total. The molecule has 2 aromatic carbocycles. The first-order valence-corrected chi connectivity index (χ1v) is 7.56. The Kier molecular flexibility index (Phi) is 6.05. The molecule has 1 N–H and O–H groups in total. The lowest BCUT2D eigenvalue weighted by Crippen LogP contribution is -2.31. The van der Waals surface area contributed by atoms with Crippen molar-refractivity contribution >= 4 is 11.7 Å². The Morgan fingerprint density at radius 3 is 2.32 bits per heavy atom. The molecule has 0 fully saturated rings. The maximum atomic E-state index is 13.7. The standard InChI is InChI=1S/C18H21FN2O4/c1-21(18(22)20-14-8-6-5-7-13(14)19)11-12-9-10-15(23-2)17(25-4)16(12)24-3/h5-10H,11H2,1-4H3,(H,20,22). The third kappa shape index (κ3) is 4.12. The number of methoxy groups -OCH3 is 3. The third-order valence-corrected chi connectivity index (χ3v) is 3.66. The van der Waals surface area contributed by atoms with Gasteiger partial charge in [-0.3, -0.25) is 0 Å². The largest absolute Gasteiger partial charge is 0.493 e. The van der Waals surface area contributed by atoms with Gasteiger partial charge in [-0.2, -0.15) is 0 Å². The summed E-state index contributed by atoms with van der Waals surface area (Å²) in [5.41, 5.74) is 0.852. The van der Waals surface area contributed by atoms with Crippen LogP contribution in [-0.4, -0.2) is 39.3 Å². The van der Waals surface area contributed by atoms with Crippen LogP contribution in [0, 0.1) is 5.82 Å². The summed E-state index contributed by atoms with van der Waals surface area (Å²) in [6.07, 6.45) is 0. The number of anilines is 1. The molecule has 0 aromatic heterocycles. The number of carbonyl (C=O) groups excluding carboxylic acids is 1. The number of nitrogens with zero attached hydrogens (tertiary/aromatic N) is 1. The van der Waals surface area contributed by atoms with E-state index in [1.54, 1.807) is 31.3 Å². The molecule has 0 saturated carbocycles. The zero-order valence-corrected chi connectivity index (χ0v) is 14.6. The molecule has 0 heterocycles. The Morgan fingerprint density at radius 1 is 1.04 bits per heavy atom. The Morgan fingerprint density at radius 2 is 1.72 bits per heavy atom. The highest BCUT2D eigenvalue weighted by Gasteiger charge is 2.19. The molecule has 0 atom stereocenters. The molecule has 0 aliphatic rings. The number of carbonyl (C=O) groups is 1. The lowest BCUT2D eigenvalue weighted by molar-refractivity contribution is 0.219. The number of benzene rings is 2. The Bertz CT molecular complexity index is 752. The van der Waals surface area contributed by atoms with E-state index in [4.69, 9.17) is 14.2 Å². The predicted molar refractivity (Wildman–Crippen MR) is 93.0 cm³/mol. The van der Waals surface area contributed by atoms with Crippen LogP contribution >= 0.6 is 0 Å². The number of nitrogens with one attached hydrogen (secondary N) is 1. The SMILES string of the molecule is COc1ccc(CN(C)C(=O)Nc2ccccc2F)c(OC)c1OC. The van der Waals surface area contributed by atoms with Gasteiger partial charge in [-0.05, 0) is 24.3 Å². The maximum absolute atomic E-state index is 13.7. The van der Waals surface area contributed by atoms with E-state index >= 15 is 0 Å². The summed E-state index contributed by atoms with van der Waals surface area (Å²) in [5, 5.41) is 2.53. The van der Waals surface area contributed by atoms with E-state index in [-0.39, 0.29) is 12.2 Å². The van der Waals surface area contributed by atoms with Gasteiger partial charge < -0.3 is 24.4 Å². The molecule has 0 radical (unpaired) electrons. The average molecular weight is 348 g/mol. The van der Waals surface area contributed by atoms with Gasteiger partial charge in [0.25, 0.3) is 0 Å². The molecule has 0 saturated heterocycles. The zero-order valence-electron chi connectivity index (χ0n) is 14.6. The lowest BCUT2D eigenvalue weighted by Gasteiger charge is -2.21. The highest BCUT2D eigenvalue weighted by Crippen LogP contribution is 2.40. The molecule has 0 unspecified atom stereocenters. The molecule has 0 aliphatic heterocycles. The Labute approximate surface area is 146 Å². The lowest BCUT2D eigenvalue weighted by atomic mass is 10.1. The summed E-state index contributed by atoms with van der Waals surface area (Å²) in [6, 6.07) is 9.07. The fraction of sp³-hybridized carbons (Fsp3) is 0.278. The van der Waals surface area contributed by atoms with E-state index in [1.807, 2.05) is 0 Å². The summed E-state index contributed by atoms with van der Waals surface area (Å²) in [7, 11) is 6.16. The van der Waals surface area contributed by atoms with E-state index in [0.717, 1.165) is 5.56 Å². The zero-order chi connectivity index (χ0) is 18.4. The number of urea groups is 1. The molecule has 0 bridgehead atoms. The third-order valence-electron chi connectivity index (χ3n) is 3.66. The van der Waals surface area contributed by atoms with Crippen molar-refractivity contribution in [3.63, 3.8) is 0 Å². The van der Waals surface area contributed by atoms with Crippen molar-refractivity contribution in [1.29, 1.82) is 0 Å².